The normalized spacial score (nSPS) is 26.5. The van der Waals surface area contributed by atoms with Gasteiger partial charge in [0, 0.05) is 11.6 Å². The van der Waals surface area contributed by atoms with Crippen molar-refractivity contribution < 1.29 is 9.59 Å². The van der Waals surface area contributed by atoms with Gasteiger partial charge in [-0.25, -0.2) is 10.4 Å². The number of hydrogen-bond donors (Lipinski definition) is 2. The van der Waals surface area contributed by atoms with E-state index in [0.717, 1.165) is 11.1 Å². The van der Waals surface area contributed by atoms with Gasteiger partial charge in [-0.3, -0.25) is 14.9 Å². The molecule has 0 radical (unpaired) electrons. The minimum absolute atomic E-state index is 0.252. The second kappa shape index (κ2) is 6.02. The van der Waals surface area contributed by atoms with Crippen molar-refractivity contribution in [2.24, 2.45) is 5.92 Å². The largest absolute Gasteiger partial charge is 0.295 e. The van der Waals surface area contributed by atoms with Gasteiger partial charge in [-0.1, -0.05) is 60.1 Å². The molecule has 0 unspecified atom stereocenters. The summed E-state index contributed by atoms with van der Waals surface area (Å²) in [6, 6.07) is 16.4. The highest BCUT2D eigenvalue weighted by Crippen LogP contribution is 2.39. The van der Waals surface area contributed by atoms with Gasteiger partial charge in [0.15, 0.2) is 0 Å². The van der Waals surface area contributed by atoms with Gasteiger partial charge < -0.3 is 0 Å². The molecule has 2 fully saturated rings. The molecule has 24 heavy (non-hydrogen) atoms. The lowest BCUT2D eigenvalue weighted by atomic mass is 9.91. The van der Waals surface area contributed by atoms with Crippen molar-refractivity contribution in [2.45, 2.75) is 18.6 Å². The maximum absolute atomic E-state index is 12.3. The molecule has 0 saturated carbocycles. The standard InChI is InChI=1S/C18H16ClN3O2/c19-13-9-5-4-8-12(13)15-14-16(18(24)20-17(14)23)22(21-15)10-11-6-2-1-3-7-11/h1-9,14-16,21H,10H2,(H,20,23,24)/t14-,15-,16-/m0/s1. The highest BCUT2D eigenvalue weighted by atomic mass is 35.5. The number of imide groups is 1. The maximum Gasteiger partial charge on any atom is 0.246 e. The number of nitrogens with one attached hydrogen (secondary N) is 2. The molecule has 2 heterocycles. The van der Waals surface area contributed by atoms with E-state index < -0.39 is 12.0 Å². The van der Waals surface area contributed by atoms with Crippen LogP contribution in [-0.2, 0) is 16.1 Å². The molecule has 0 aromatic heterocycles. The molecule has 2 N–H and O–H groups in total. The van der Waals surface area contributed by atoms with Crippen molar-refractivity contribution in [2.75, 3.05) is 0 Å². The van der Waals surface area contributed by atoms with Crippen LogP contribution < -0.4 is 10.7 Å². The van der Waals surface area contributed by atoms with E-state index in [0.29, 0.717) is 11.6 Å². The smallest absolute Gasteiger partial charge is 0.246 e. The number of hydrogen-bond acceptors (Lipinski definition) is 4. The summed E-state index contributed by atoms with van der Waals surface area (Å²) in [5, 5.41) is 4.88. The van der Waals surface area contributed by atoms with Gasteiger partial charge >= 0.3 is 0 Å². The van der Waals surface area contributed by atoms with E-state index in [1.165, 1.54) is 0 Å². The van der Waals surface area contributed by atoms with Crippen LogP contribution in [0.3, 0.4) is 0 Å². The molecule has 122 valence electrons. The summed E-state index contributed by atoms with van der Waals surface area (Å²) in [5.74, 6) is -0.998. The first-order chi connectivity index (χ1) is 11.6. The van der Waals surface area contributed by atoms with E-state index in [1.54, 1.807) is 6.07 Å². The predicted octanol–water partition coefficient (Wildman–Crippen LogP) is 2.04. The number of fused-ring (bicyclic) bond motifs is 1. The zero-order valence-corrected chi connectivity index (χ0v) is 13.5. The van der Waals surface area contributed by atoms with Crippen LogP contribution in [0.15, 0.2) is 54.6 Å². The first kappa shape index (κ1) is 15.3. The van der Waals surface area contributed by atoms with Crippen LogP contribution >= 0.6 is 11.6 Å². The Labute approximate surface area is 144 Å². The van der Waals surface area contributed by atoms with Crippen molar-refractivity contribution in [1.29, 1.82) is 0 Å². The molecular weight excluding hydrogens is 326 g/mol. The van der Waals surface area contributed by atoms with Crippen LogP contribution in [0, 0.1) is 5.92 Å². The molecule has 6 heteroatoms. The summed E-state index contributed by atoms with van der Waals surface area (Å²) in [4.78, 5) is 24.6. The number of benzene rings is 2. The zero-order valence-electron chi connectivity index (χ0n) is 12.8. The van der Waals surface area contributed by atoms with Gasteiger partial charge in [-0.05, 0) is 17.2 Å². The Morgan fingerprint density at radius 1 is 0.958 bits per heavy atom. The Morgan fingerprint density at radius 3 is 2.42 bits per heavy atom. The molecule has 0 spiro atoms. The van der Waals surface area contributed by atoms with Crippen LogP contribution in [0.25, 0.3) is 0 Å². The van der Waals surface area contributed by atoms with E-state index in [9.17, 15) is 9.59 Å². The Hall–Kier alpha value is -2.21. The Bertz CT molecular complexity index is 796. The second-order valence-corrected chi connectivity index (χ2v) is 6.47. The van der Waals surface area contributed by atoms with Gasteiger partial charge in [-0.2, -0.15) is 0 Å². The van der Waals surface area contributed by atoms with Gasteiger partial charge in [-0.15, -0.1) is 0 Å². The van der Waals surface area contributed by atoms with E-state index >= 15 is 0 Å². The van der Waals surface area contributed by atoms with E-state index in [-0.39, 0.29) is 17.9 Å². The first-order valence-corrected chi connectivity index (χ1v) is 8.19. The molecule has 4 rings (SSSR count). The Balaban J connectivity index is 1.69. The summed E-state index contributed by atoms with van der Waals surface area (Å²) in [5.41, 5.74) is 5.22. The third-order valence-electron chi connectivity index (χ3n) is 4.59. The van der Waals surface area contributed by atoms with Crippen molar-refractivity contribution in [3.8, 4) is 0 Å². The fraction of sp³-hybridized carbons (Fsp3) is 0.222. The van der Waals surface area contributed by atoms with Crippen molar-refractivity contribution >= 4 is 23.4 Å². The van der Waals surface area contributed by atoms with Crippen molar-refractivity contribution in [3.05, 3.63) is 70.7 Å². The molecule has 2 aliphatic heterocycles. The highest BCUT2D eigenvalue weighted by Gasteiger charge is 2.55. The topological polar surface area (TPSA) is 61.4 Å². The van der Waals surface area contributed by atoms with Crippen LogP contribution in [0.1, 0.15) is 17.2 Å². The third-order valence-corrected chi connectivity index (χ3v) is 4.94. The molecule has 2 aromatic rings. The number of halogens is 1. The Kier molecular flexibility index (Phi) is 3.84. The van der Waals surface area contributed by atoms with Crippen LogP contribution in [-0.4, -0.2) is 22.9 Å². The van der Waals surface area contributed by atoms with E-state index in [2.05, 4.69) is 10.7 Å². The molecule has 0 aliphatic carbocycles. The van der Waals surface area contributed by atoms with Crippen LogP contribution in [0.5, 0.6) is 0 Å². The number of hydrazine groups is 1. The van der Waals surface area contributed by atoms with Crippen molar-refractivity contribution in [1.82, 2.24) is 15.8 Å². The van der Waals surface area contributed by atoms with Gasteiger partial charge in [0.05, 0.1) is 12.0 Å². The van der Waals surface area contributed by atoms with E-state index in [1.807, 2.05) is 53.5 Å². The zero-order chi connectivity index (χ0) is 16.7. The lowest BCUT2D eigenvalue weighted by Gasteiger charge is -2.22. The summed E-state index contributed by atoms with van der Waals surface area (Å²) in [7, 11) is 0. The monoisotopic (exact) mass is 341 g/mol. The molecular formula is C18H16ClN3O2. The minimum atomic E-state index is -0.529. The molecule has 2 amide bonds. The summed E-state index contributed by atoms with van der Waals surface area (Å²) in [6.07, 6.45) is 0. The van der Waals surface area contributed by atoms with Gasteiger partial charge in [0.2, 0.25) is 11.8 Å². The minimum Gasteiger partial charge on any atom is -0.295 e. The number of nitrogens with zero attached hydrogens (tertiary/aromatic N) is 1. The fourth-order valence-electron chi connectivity index (χ4n) is 3.51. The molecule has 5 nitrogen and oxygen atoms in total. The number of amides is 2. The number of rotatable bonds is 3. The van der Waals surface area contributed by atoms with Gasteiger partial charge in [0.25, 0.3) is 0 Å². The predicted molar refractivity (Wildman–Crippen MR) is 89.7 cm³/mol. The number of carbonyl (C=O) groups is 2. The average Bonchev–Trinajstić information content (AvgIpc) is 3.09. The lowest BCUT2D eigenvalue weighted by Crippen LogP contribution is -2.43. The molecule has 2 aromatic carbocycles. The lowest BCUT2D eigenvalue weighted by molar-refractivity contribution is -0.127. The summed E-state index contributed by atoms with van der Waals surface area (Å²) >= 11 is 6.31. The summed E-state index contributed by atoms with van der Waals surface area (Å²) in [6.45, 7) is 0.531. The Morgan fingerprint density at radius 2 is 1.67 bits per heavy atom. The molecule has 0 bridgehead atoms. The third kappa shape index (κ3) is 2.51. The molecule has 3 atom stereocenters. The number of carbonyl (C=O) groups excluding carboxylic acids is 2. The summed E-state index contributed by atoms with van der Waals surface area (Å²) < 4.78 is 0. The maximum atomic E-state index is 12.3. The second-order valence-electron chi connectivity index (χ2n) is 6.07. The average molecular weight is 342 g/mol. The van der Waals surface area contributed by atoms with E-state index in [4.69, 9.17) is 11.6 Å². The highest BCUT2D eigenvalue weighted by molar-refractivity contribution is 6.31. The molecule has 2 saturated heterocycles. The van der Waals surface area contributed by atoms with Crippen LogP contribution in [0.2, 0.25) is 5.02 Å². The van der Waals surface area contributed by atoms with Crippen LogP contribution in [0.4, 0.5) is 0 Å². The fourth-order valence-corrected chi connectivity index (χ4v) is 3.76. The quantitative estimate of drug-likeness (QED) is 0.839. The SMILES string of the molecule is O=C1NC(=O)[C@@H]2[C@@H]1[C@H](c1ccccc1Cl)NN2Cc1ccccc1. The van der Waals surface area contributed by atoms with Crippen molar-refractivity contribution in [3.63, 3.8) is 0 Å². The first-order valence-electron chi connectivity index (χ1n) is 7.81. The molecule has 2 aliphatic rings. The van der Waals surface area contributed by atoms with Gasteiger partial charge in [0.1, 0.15) is 6.04 Å².